The Morgan fingerprint density at radius 3 is 3.00 bits per heavy atom. The smallest absolute Gasteiger partial charge is 0.278 e. The molecule has 3 rings (SSSR count). The molecule has 19 heavy (non-hydrogen) atoms. The fourth-order valence-corrected chi connectivity index (χ4v) is 1.68. The maximum Gasteiger partial charge on any atom is 0.278 e. The van der Waals surface area contributed by atoms with Crippen molar-refractivity contribution in [1.29, 1.82) is 0 Å². The van der Waals surface area contributed by atoms with E-state index in [0.29, 0.717) is 0 Å². The number of hydrogen-bond donors (Lipinski definition) is 2. The number of aromatic nitrogens is 4. The number of carbonyl (C=O) groups excluding carboxylic acids is 1. The van der Waals surface area contributed by atoms with Gasteiger partial charge < -0.3 is 10.6 Å². The average molecular weight is 262 g/mol. The molecule has 0 atom stereocenters. The zero-order valence-electron chi connectivity index (χ0n) is 9.88. The van der Waals surface area contributed by atoms with Crippen molar-refractivity contribution in [2.24, 2.45) is 0 Å². The van der Waals surface area contributed by atoms with Gasteiger partial charge >= 0.3 is 0 Å². The minimum absolute atomic E-state index is 0.143. The summed E-state index contributed by atoms with van der Waals surface area (Å²) < 4.78 is 14.5. The Morgan fingerprint density at radius 1 is 1.47 bits per heavy atom. The van der Waals surface area contributed by atoms with Crippen LogP contribution in [0.5, 0.6) is 0 Å². The predicted octanol–water partition coefficient (Wildman–Crippen LogP) is 0.209. The molecule has 0 unspecified atom stereocenters. The number of rotatable bonds is 3. The number of anilines is 1. The van der Waals surface area contributed by atoms with Gasteiger partial charge in [-0.15, -0.1) is 5.10 Å². The maximum absolute atomic E-state index is 12.9. The fourth-order valence-electron chi connectivity index (χ4n) is 1.68. The number of nitrogens with one attached hydrogen (secondary N) is 2. The van der Waals surface area contributed by atoms with E-state index in [1.54, 1.807) is 10.9 Å². The highest BCUT2D eigenvalue weighted by Gasteiger charge is 2.21. The van der Waals surface area contributed by atoms with Crippen LogP contribution in [0.15, 0.2) is 24.4 Å². The van der Waals surface area contributed by atoms with Crippen LogP contribution in [0.2, 0.25) is 0 Å². The van der Waals surface area contributed by atoms with Crippen LogP contribution in [-0.4, -0.2) is 39.0 Å². The van der Waals surface area contributed by atoms with Gasteiger partial charge in [0.25, 0.3) is 5.91 Å². The molecule has 1 aliphatic heterocycles. The van der Waals surface area contributed by atoms with Crippen LogP contribution in [0.1, 0.15) is 16.5 Å². The van der Waals surface area contributed by atoms with Crippen LogP contribution >= 0.6 is 0 Å². The van der Waals surface area contributed by atoms with Crippen molar-refractivity contribution in [3.05, 3.63) is 36.0 Å². The summed E-state index contributed by atoms with van der Waals surface area (Å²) in [5.74, 6) is -0.969. The van der Waals surface area contributed by atoms with Crippen LogP contribution in [0.25, 0.3) is 0 Å². The van der Waals surface area contributed by atoms with E-state index < -0.39 is 11.9 Å². The maximum atomic E-state index is 12.9. The second-order valence-corrected chi connectivity index (χ2v) is 4.20. The zero-order chi connectivity index (χ0) is 13.2. The number of nitrogens with zero attached hydrogens (tertiary/aromatic N) is 4. The van der Waals surface area contributed by atoms with Gasteiger partial charge in [0.2, 0.25) is 5.95 Å². The van der Waals surface area contributed by atoms with Gasteiger partial charge in [0, 0.05) is 13.1 Å². The molecule has 0 saturated carbocycles. The Balaban J connectivity index is 1.71. The molecular weight excluding hydrogens is 251 g/mol. The molecule has 0 aromatic carbocycles. The molecule has 0 radical (unpaired) electrons. The molecule has 1 fully saturated rings. The average Bonchev–Trinajstić information content (AvgIpc) is 2.76. The highest BCUT2D eigenvalue weighted by molar-refractivity contribution is 6.01. The molecule has 1 saturated heterocycles. The lowest BCUT2D eigenvalue weighted by Gasteiger charge is -2.26. The Hall–Kier alpha value is -2.35. The van der Waals surface area contributed by atoms with Crippen molar-refractivity contribution in [2.45, 2.75) is 6.04 Å². The van der Waals surface area contributed by atoms with E-state index in [4.69, 9.17) is 0 Å². The first kappa shape index (κ1) is 11.7. The lowest BCUT2D eigenvalue weighted by molar-refractivity contribution is 0.102. The molecule has 8 heteroatoms. The molecule has 98 valence electrons. The van der Waals surface area contributed by atoms with Crippen molar-refractivity contribution in [3.8, 4) is 0 Å². The molecule has 2 N–H and O–H groups in total. The number of halogens is 1. The second-order valence-electron chi connectivity index (χ2n) is 4.20. The Bertz CT molecular complexity index is 609. The SMILES string of the molecule is O=C(Nc1cccc(F)n1)c1cn(C2CNC2)nn1. The summed E-state index contributed by atoms with van der Waals surface area (Å²) in [6.45, 7) is 1.63. The van der Waals surface area contributed by atoms with Crippen molar-refractivity contribution in [3.63, 3.8) is 0 Å². The van der Waals surface area contributed by atoms with Crippen LogP contribution in [0.3, 0.4) is 0 Å². The third kappa shape index (κ3) is 2.43. The molecule has 0 spiro atoms. The van der Waals surface area contributed by atoms with E-state index in [1.165, 1.54) is 18.2 Å². The van der Waals surface area contributed by atoms with E-state index in [1.807, 2.05) is 0 Å². The van der Waals surface area contributed by atoms with Gasteiger partial charge in [0.15, 0.2) is 5.69 Å². The summed E-state index contributed by atoms with van der Waals surface area (Å²) in [7, 11) is 0. The molecule has 2 aromatic heterocycles. The summed E-state index contributed by atoms with van der Waals surface area (Å²) in [5, 5.41) is 13.2. The van der Waals surface area contributed by atoms with Crippen molar-refractivity contribution >= 4 is 11.7 Å². The summed E-state index contributed by atoms with van der Waals surface area (Å²) in [5.41, 5.74) is 0.179. The summed E-state index contributed by atoms with van der Waals surface area (Å²) in [6, 6.07) is 4.41. The molecule has 0 bridgehead atoms. The van der Waals surface area contributed by atoms with Gasteiger partial charge in [-0.05, 0) is 12.1 Å². The number of pyridine rings is 1. The van der Waals surface area contributed by atoms with Gasteiger partial charge in [-0.25, -0.2) is 9.67 Å². The van der Waals surface area contributed by atoms with Gasteiger partial charge in [-0.2, -0.15) is 4.39 Å². The van der Waals surface area contributed by atoms with Crippen molar-refractivity contribution < 1.29 is 9.18 Å². The minimum atomic E-state index is -0.651. The zero-order valence-corrected chi connectivity index (χ0v) is 9.88. The summed E-state index contributed by atoms with van der Waals surface area (Å²) >= 11 is 0. The Kier molecular flexibility index (Phi) is 2.92. The van der Waals surface area contributed by atoms with Gasteiger partial charge in [0.05, 0.1) is 12.2 Å². The van der Waals surface area contributed by atoms with Crippen LogP contribution in [0.4, 0.5) is 10.2 Å². The third-order valence-electron chi connectivity index (χ3n) is 2.83. The first-order chi connectivity index (χ1) is 9.22. The summed E-state index contributed by atoms with van der Waals surface area (Å²) in [6.07, 6.45) is 1.57. The standard InChI is InChI=1S/C11H11FN6O/c12-9-2-1-3-10(14-9)15-11(19)8-6-18(17-16-8)7-4-13-5-7/h1-3,6-7,13H,4-5H2,(H,14,15,19). The molecule has 1 amide bonds. The highest BCUT2D eigenvalue weighted by atomic mass is 19.1. The molecule has 3 heterocycles. The lowest BCUT2D eigenvalue weighted by atomic mass is 10.2. The number of amides is 1. The summed E-state index contributed by atoms with van der Waals surface area (Å²) in [4.78, 5) is 15.4. The minimum Gasteiger partial charge on any atom is -0.312 e. The van der Waals surface area contributed by atoms with Crippen LogP contribution in [0, 0.1) is 5.95 Å². The van der Waals surface area contributed by atoms with E-state index in [-0.39, 0.29) is 17.6 Å². The quantitative estimate of drug-likeness (QED) is 0.772. The Labute approximate surface area is 107 Å². The van der Waals surface area contributed by atoms with E-state index in [0.717, 1.165) is 13.1 Å². The topological polar surface area (TPSA) is 84.7 Å². The molecular formula is C11H11FN6O. The highest BCUT2D eigenvalue weighted by Crippen LogP contribution is 2.11. The van der Waals surface area contributed by atoms with Crippen molar-refractivity contribution in [2.75, 3.05) is 18.4 Å². The third-order valence-corrected chi connectivity index (χ3v) is 2.83. The van der Waals surface area contributed by atoms with Crippen LogP contribution in [-0.2, 0) is 0 Å². The second kappa shape index (κ2) is 4.73. The molecule has 7 nitrogen and oxygen atoms in total. The lowest BCUT2D eigenvalue weighted by Crippen LogP contribution is -2.43. The first-order valence-corrected chi connectivity index (χ1v) is 5.79. The predicted molar refractivity (Wildman–Crippen MR) is 64.1 cm³/mol. The molecule has 0 aliphatic carbocycles. The van der Waals surface area contributed by atoms with Crippen LogP contribution < -0.4 is 10.6 Å². The molecule has 2 aromatic rings. The monoisotopic (exact) mass is 262 g/mol. The molecule has 1 aliphatic rings. The van der Waals surface area contributed by atoms with Gasteiger partial charge in [0.1, 0.15) is 5.82 Å². The van der Waals surface area contributed by atoms with E-state index in [9.17, 15) is 9.18 Å². The first-order valence-electron chi connectivity index (χ1n) is 5.79. The number of hydrogen-bond acceptors (Lipinski definition) is 5. The van der Waals surface area contributed by atoms with Crippen molar-refractivity contribution in [1.82, 2.24) is 25.3 Å². The van der Waals surface area contributed by atoms with Gasteiger partial charge in [-0.3, -0.25) is 4.79 Å². The fraction of sp³-hybridized carbons (Fsp3) is 0.273. The van der Waals surface area contributed by atoms with E-state index >= 15 is 0 Å². The largest absolute Gasteiger partial charge is 0.312 e. The number of carbonyl (C=O) groups is 1. The van der Waals surface area contributed by atoms with E-state index in [2.05, 4.69) is 25.9 Å². The normalized spacial score (nSPS) is 15.0. The van der Waals surface area contributed by atoms with Gasteiger partial charge in [-0.1, -0.05) is 11.3 Å². The Morgan fingerprint density at radius 2 is 2.32 bits per heavy atom.